The van der Waals surface area contributed by atoms with E-state index in [1.165, 1.54) is 0 Å². The maximum absolute atomic E-state index is 8.58. The lowest BCUT2D eigenvalue weighted by Crippen LogP contribution is -1.91. The molecule has 0 bridgehead atoms. The minimum absolute atomic E-state index is 0.432. The molecule has 0 fully saturated rings. The van der Waals surface area contributed by atoms with E-state index in [9.17, 15) is 0 Å². The van der Waals surface area contributed by atoms with E-state index in [-0.39, 0.29) is 0 Å². The van der Waals surface area contributed by atoms with Crippen molar-refractivity contribution in [1.29, 1.82) is 10.5 Å². The van der Waals surface area contributed by atoms with Crippen molar-refractivity contribution >= 4 is 27.7 Å². The number of hydrogen-bond donors (Lipinski definition) is 3. The Labute approximate surface area is 121 Å². The van der Waals surface area contributed by atoms with Gasteiger partial charge in [-0.15, -0.1) is 11.3 Å². The SMILES string of the molecule is Cc1c(C#N)sc(N)c1C#N.Cc1cc(N)ccc1N. The summed E-state index contributed by atoms with van der Waals surface area (Å²) in [5.74, 6) is 0. The van der Waals surface area contributed by atoms with E-state index in [2.05, 4.69) is 0 Å². The molecule has 0 saturated heterocycles. The van der Waals surface area contributed by atoms with Crippen LogP contribution in [0.2, 0.25) is 0 Å². The van der Waals surface area contributed by atoms with Crippen LogP contribution in [0, 0.1) is 36.5 Å². The first-order valence-electron chi connectivity index (χ1n) is 5.71. The van der Waals surface area contributed by atoms with E-state index in [4.69, 9.17) is 27.7 Å². The lowest BCUT2D eigenvalue weighted by atomic mass is 10.2. The zero-order valence-electron chi connectivity index (χ0n) is 11.3. The number of rotatable bonds is 0. The van der Waals surface area contributed by atoms with Gasteiger partial charge in [-0.1, -0.05) is 0 Å². The highest BCUT2D eigenvalue weighted by Crippen LogP contribution is 2.28. The van der Waals surface area contributed by atoms with Crippen LogP contribution in [-0.2, 0) is 0 Å². The van der Waals surface area contributed by atoms with Gasteiger partial charge in [-0.3, -0.25) is 0 Å². The summed E-state index contributed by atoms with van der Waals surface area (Å²) in [4.78, 5) is 0.527. The van der Waals surface area contributed by atoms with Gasteiger partial charge in [0.1, 0.15) is 22.0 Å². The first kappa shape index (κ1) is 15.4. The smallest absolute Gasteiger partial charge is 0.111 e. The fourth-order valence-electron chi connectivity index (χ4n) is 1.48. The van der Waals surface area contributed by atoms with E-state index in [1.54, 1.807) is 13.0 Å². The monoisotopic (exact) mass is 285 g/mol. The molecule has 102 valence electrons. The fraction of sp³-hybridized carbons (Fsp3) is 0.143. The summed E-state index contributed by atoms with van der Waals surface area (Å²) in [5.41, 5.74) is 20.2. The minimum atomic E-state index is 0.432. The minimum Gasteiger partial charge on any atom is -0.399 e. The molecule has 2 rings (SSSR count). The lowest BCUT2D eigenvalue weighted by molar-refractivity contribution is 1.42. The van der Waals surface area contributed by atoms with Gasteiger partial charge in [0.15, 0.2) is 0 Å². The molecular formula is C14H15N5S. The summed E-state index contributed by atoms with van der Waals surface area (Å²) in [5, 5.41) is 17.6. The molecule has 1 aromatic heterocycles. The molecule has 1 aromatic carbocycles. The van der Waals surface area contributed by atoms with Crippen molar-refractivity contribution in [3.05, 3.63) is 39.8 Å². The molecular weight excluding hydrogens is 270 g/mol. The Morgan fingerprint density at radius 3 is 2.05 bits per heavy atom. The normalized spacial score (nSPS) is 9.00. The van der Waals surface area contributed by atoms with Crippen LogP contribution in [0.15, 0.2) is 18.2 Å². The second-order valence-electron chi connectivity index (χ2n) is 4.14. The molecule has 0 aliphatic carbocycles. The quantitative estimate of drug-likeness (QED) is 0.641. The maximum atomic E-state index is 8.58. The van der Waals surface area contributed by atoms with Gasteiger partial charge in [0.25, 0.3) is 0 Å². The van der Waals surface area contributed by atoms with E-state index in [0.717, 1.165) is 28.3 Å². The first-order chi connectivity index (χ1) is 9.40. The third-order valence-corrected chi connectivity index (χ3v) is 3.71. The lowest BCUT2D eigenvalue weighted by Gasteiger charge is -1.98. The number of nitrogens with zero attached hydrogens (tertiary/aromatic N) is 2. The van der Waals surface area contributed by atoms with Crippen LogP contribution in [-0.4, -0.2) is 0 Å². The van der Waals surface area contributed by atoms with E-state index < -0.39 is 0 Å². The Bertz CT molecular complexity index is 704. The van der Waals surface area contributed by atoms with Crippen molar-refractivity contribution in [3.63, 3.8) is 0 Å². The average molecular weight is 285 g/mol. The second-order valence-corrected chi connectivity index (χ2v) is 5.19. The molecule has 0 atom stereocenters. The standard InChI is InChI=1S/C7H5N3S.C7H10N2/c1-4-5(2-8)7(10)11-6(4)3-9;1-5-4-6(8)2-3-7(5)9/h10H2,1H3;2-4H,8-9H2,1H3. The summed E-state index contributed by atoms with van der Waals surface area (Å²) < 4.78 is 0. The summed E-state index contributed by atoms with van der Waals surface area (Å²) in [7, 11) is 0. The van der Waals surface area contributed by atoms with Crippen LogP contribution in [0.3, 0.4) is 0 Å². The van der Waals surface area contributed by atoms with Gasteiger partial charge >= 0.3 is 0 Å². The number of aryl methyl sites for hydroxylation is 1. The van der Waals surface area contributed by atoms with Gasteiger partial charge in [-0.2, -0.15) is 10.5 Å². The molecule has 0 unspecified atom stereocenters. The topological polar surface area (TPSA) is 126 Å². The van der Waals surface area contributed by atoms with Gasteiger partial charge in [0.2, 0.25) is 0 Å². The fourth-order valence-corrected chi connectivity index (χ4v) is 2.30. The molecule has 0 saturated carbocycles. The van der Waals surface area contributed by atoms with Crippen LogP contribution in [0.4, 0.5) is 16.4 Å². The number of benzene rings is 1. The second kappa shape index (κ2) is 6.46. The Balaban J connectivity index is 0.000000204. The van der Waals surface area contributed by atoms with Gasteiger partial charge in [-0.05, 0) is 43.2 Å². The van der Waals surface area contributed by atoms with Crippen LogP contribution < -0.4 is 17.2 Å². The summed E-state index contributed by atoms with van der Waals surface area (Å²) in [6, 6.07) is 9.39. The Hall–Kier alpha value is -2.70. The molecule has 6 heteroatoms. The molecule has 0 aliphatic heterocycles. The van der Waals surface area contributed by atoms with Gasteiger partial charge in [0, 0.05) is 11.4 Å². The van der Waals surface area contributed by atoms with Crippen molar-refractivity contribution in [2.24, 2.45) is 0 Å². The summed E-state index contributed by atoms with van der Waals surface area (Å²) in [6.45, 7) is 3.66. The zero-order chi connectivity index (χ0) is 15.3. The number of nitriles is 2. The number of hydrogen-bond acceptors (Lipinski definition) is 6. The van der Waals surface area contributed by atoms with Crippen molar-refractivity contribution in [3.8, 4) is 12.1 Å². The van der Waals surface area contributed by atoms with Gasteiger partial charge in [-0.25, -0.2) is 0 Å². The van der Waals surface area contributed by atoms with Gasteiger partial charge in [0.05, 0.1) is 5.56 Å². The van der Waals surface area contributed by atoms with Crippen LogP contribution in [0.1, 0.15) is 21.6 Å². The van der Waals surface area contributed by atoms with Crippen LogP contribution in [0.5, 0.6) is 0 Å². The third-order valence-electron chi connectivity index (χ3n) is 2.68. The molecule has 2 aromatic rings. The Morgan fingerprint density at radius 1 is 1.05 bits per heavy atom. The average Bonchev–Trinajstić information content (AvgIpc) is 2.69. The van der Waals surface area contributed by atoms with Gasteiger partial charge < -0.3 is 17.2 Å². The van der Waals surface area contributed by atoms with Crippen molar-refractivity contribution in [1.82, 2.24) is 0 Å². The number of nitrogen functional groups attached to an aromatic ring is 3. The van der Waals surface area contributed by atoms with Crippen LogP contribution in [0.25, 0.3) is 0 Å². The maximum Gasteiger partial charge on any atom is 0.111 e. The third kappa shape index (κ3) is 3.41. The Kier molecular flexibility index (Phi) is 4.96. The van der Waals surface area contributed by atoms with E-state index in [0.29, 0.717) is 21.0 Å². The molecule has 6 N–H and O–H groups in total. The number of thiophene rings is 1. The predicted octanol–water partition coefficient (Wildman–Crippen LogP) is 2.54. The number of anilines is 3. The largest absolute Gasteiger partial charge is 0.399 e. The summed E-state index contributed by atoms with van der Waals surface area (Å²) in [6.07, 6.45) is 0. The zero-order valence-corrected chi connectivity index (χ0v) is 12.1. The Morgan fingerprint density at radius 2 is 1.70 bits per heavy atom. The number of nitrogens with two attached hydrogens (primary N) is 3. The molecule has 0 amide bonds. The van der Waals surface area contributed by atoms with E-state index in [1.807, 2.05) is 31.2 Å². The molecule has 0 aliphatic rings. The molecule has 0 radical (unpaired) electrons. The predicted molar refractivity (Wildman–Crippen MR) is 82.9 cm³/mol. The highest BCUT2D eigenvalue weighted by atomic mass is 32.1. The highest BCUT2D eigenvalue weighted by Gasteiger charge is 2.10. The molecule has 20 heavy (non-hydrogen) atoms. The van der Waals surface area contributed by atoms with Crippen molar-refractivity contribution < 1.29 is 0 Å². The van der Waals surface area contributed by atoms with E-state index >= 15 is 0 Å². The molecule has 0 spiro atoms. The first-order valence-corrected chi connectivity index (χ1v) is 6.53. The summed E-state index contributed by atoms with van der Waals surface area (Å²) >= 11 is 1.16. The highest BCUT2D eigenvalue weighted by molar-refractivity contribution is 7.16. The van der Waals surface area contributed by atoms with Crippen LogP contribution >= 0.6 is 11.3 Å². The molecule has 5 nitrogen and oxygen atoms in total. The van der Waals surface area contributed by atoms with Crippen molar-refractivity contribution in [2.75, 3.05) is 17.2 Å². The van der Waals surface area contributed by atoms with Crippen molar-refractivity contribution in [2.45, 2.75) is 13.8 Å². The molecule has 1 heterocycles.